The van der Waals surface area contributed by atoms with E-state index in [-0.39, 0.29) is 11.8 Å². The minimum absolute atomic E-state index is 0.0101. The molecule has 0 bridgehead atoms. The van der Waals surface area contributed by atoms with Crippen LogP contribution in [0.3, 0.4) is 0 Å². The summed E-state index contributed by atoms with van der Waals surface area (Å²) in [7, 11) is 3.19. The highest BCUT2D eigenvalue weighted by Crippen LogP contribution is 2.30. The van der Waals surface area contributed by atoms with Crippen molar-refractivity contribution < 1.29 is 18.8 Å². The number of carbonyl (C=O) groups excluding carboxylic acids is 1. The normalized spacial score (nSPS) is 14.7. The van der Waals surface area contributed by atoms with E-state index >= 15 is 0 Å². The maximum atomic E-state index is 12.6. The van der Waals surface area contributed by atoms with Crippen molar-refractivity contribution in [3.63, 3.8) is 0 Å². The van der Waals surface area contributed by atoms with Crippen molar-refractivity contribution in [1.82, 2.24) is 15.0 Å². The van der Waals surface area contributed by atoms with Crippen LogP contribution in [-0.4, -0.2) is 48.3 Å². The summed E-state index contributed by atoms with van der Waals surface area (Å²) < 4.78 is 16.1. The lowest BCUT2D eigenvalue weighted by Gasteiger charge is -2.29. The number of rotatable bonds is 6. The molecule has 0 unspecified atom stereocenters. The predicted molar refractivity (Wildman–Crippen MR) is 122 cm³/mol. The molecule has 1 aromatic heterocycles. The minimum atomic E-state index is -0.0101. The molecular weight excluding hydrogens is 406 g/mol. The van der Waals surface area contributed by atoms with Crippen molar-refractivity contribution in [3.05, 3.63) is 65.6 Å². The molecule has 0 atom stereocenters. The molecule has 1 fully saturated rings. The van der Waals surface area contributed by atoms with E-state index in [1.807, 2.05) is 54.3 Å². The second kappa shape index (κ2) is 9.68. The standard InChI is InChI=1S/C25H27N3O4/c1-17-4-8-19(9-5-17)24-26-25(32-27-24)20-12-14-28(15-13-20)23(29)11-7-18-6-10-21(30-2)22(16-18)31-3/h4-11,16,20H,12-15H2,1-3H3. The molecule has 4 rings (SSSR count). The van der Waals surface area contributed by atoms with Crippen molar-refractivity contribution in [2.75, 3.05) is 27.3 Å². The van der Waals surface area contributed by atoms with Gasteiger partial charge in [-0.3, -0.25) is 4.79 Å². The van der Waals surface area contributed by atoms with Crippen LogP contribution in [0.2, 0.25) is 0 Å². The molecule has 0 radical (unpaired) electrons. The van der Waals surface area contributed by atoms with Gasteiger partial charge in [0.1, 0.15) is 0 Å². The van der Waals surface area contributed by atoms with Gasteiger partial charge in [-0.05, 0) is 43.5 Å². The summed E-state index contributed by atoms with van der Waals surface area (Å²) in [6, 6.07) is 13.6. The fraction of sp³-hybridized carbons (Fsp3) is 0.320. The largest absolute Gasteiger partial charge is 0.493 e. The Bertz CT molecular complexity index is 1100. The number of nitrogens with zero attached hydrogens (tertiary/aromatic N) is 3. The average molecular weight is 434 g/mol. The number of aromatic nitrogens is 2. The molecule has 0 saturated carbocycles. The first-order chi connectivity index (χ1) is 15.6. The summed E-state index contributed by atoms with van der Waals surface area (Å²) in [5.74, 6) is 2.70. The lowest BCUT2D eigenvalue weighted by atomic mass is 9.96. The summed E-state index contributed by atoms with van der Waals surface area (Å²) in [4.78, 5) is 19.1. The van der Waals surface area contributed by atoms with E-state index in [1.165, 1.54) is 5.56 Å². The van der Waals surface area contributed by atoms with Crippen LogP contribution in [0.4, 0.5) is 0 Å². The molecule has 1 aliphatic heterocycles. The molecule has 2 heterocycles. The first-order valence-electron chi connectivity index (χ1n) is 10.7. The van der Waals surface area contributed by atoms with E-state index in [4.69, 9.17) is 14.0 Å². The second-order valence-electron chi connectivity index (χ2n) is 7.87. The van der Waals surface area contributed by atoms with Crippen molar-refractivity contribution in [1.29, 1.82) is 0 Å². The van der Waals surface area contributed by atoms with Gasteiger partial charge in [0.15, 0.2) is 11.5 Å². The Labute approximate surface area is 187 Å². The Hall–Kier alpha value is -3.61. The highest BCUT2D eigenvalue weighted by Gasteiger charge is 2.27. The molecule has 1 saturated heterocycles. The molecule has 1 aliphatic rings. The molecule has 0 N–H and O–H groups in total. The molecule has 1 amide bonds. The number of carbonyl (C=O) groups is 1. The van der Waals surface area contributed by atoms with Gasteiger partial charge in [0.2, 0.25) is 17.6 Å². The van der Waals surface area contributed by atoms with Gasteiger partial charge in [-0.1, -0.05) is 41.1 Å². The summed E-state index contributed by atoms with van der Waals surface area (Å²) in [6.45, 7) is 3.35. The number of amides is 1. The second-order valence-corrected chi connectivity index (χ2v) is 7.87. The summed E-state index contributed by atoms with van der Waals surface area (Å²) in [5, 5.41) is 4.14. The number of methoxy groups -OCH3 is 2. The van der Waals surface area contributed by atoms with Crippen LogP contribution in [-0.2, 0) is 4.79 Å². The van der Waals surface area contributed by atoms with E-state index in [0.29, 0.717) is 36.3 Å². The zero-order chi connectivity index (χ0) is 22.5. The monoisotopic (exact) mass is 433 g/mol. The number of ether oxygens (including phenoxy) is 2. The maximum Gasteiger partial charge on any atom is 0.246 e. The van der Waals surface area contributed by atoms with Gasteiger partial charge in [-0.25, -0.2) is 0 Å². The Balaban J connectivity index is 1.34. The highest BCUT2D eigenvalue weighted by molar-refractivity contribution is 5.92. The fourth-order valence-corrected chi connectivity index (χ4v) is 3.80. The first kappa shape index (κ1) is 21.6. The molecular formula is C25H27N3O4. The van der Waals surface area contributed by atoms with E-state index in [0.717, 1.165) is 24.0 Å². The van der Waals surface area contributed by atoms with E-state index in [1.54, 1.807) is 26.4 Å². The molecule has 0 aliphatic carbocycles. The van der Waals surface area contributed by atoms with Crippen molar-refractivity contribution in [2.24, 2.45) is 0 Å². The Morgan fingerprint density at radius 2 is 1.78 bits per heavy atom. The Kier molecular flexibility index (Phi) is 6.54. The van der Waals surface area contributed by atoms with E-state index in [2.05, 4.69) is 10.1 Å². The van der Waals surface area contributed by atoms with Gasteiger partial charge in [-0.2, -0.15) is 4.98 Å². The van der Waals surface area contributed by atoms with Crippen molar-refractivity contribution in [2.45, 2.75) is 25.7 Å². The predicted octanol–water partition coefficient (Wildman–Crippen LogP) is 4.48. The topological polar surface area (TPSA) is 77.7 Å². The van der Waals surface area contributed by atoms with Crippen LogP contribution >= 0.6 is 0 Å². The van der Waals surface area contributed by atoms with Crippen LogP contribution in [0.5, 0.6) is 11.5 Å². The van der Waals surface area contributed by atoms with Gasteiger partial charge >= 0.3 is 0 Å². The SMILES string of the molecule is COc1ccc(C=CC(=O)N2CCC(c3nc(-c4ccc(C)cc4)no3)CC2)cc1OC. The minimum Gasteiger partial charge on any atom is -0.493 e. The third kappa shape index (κ3) is 4.82. The quantitative estimate of drug-likeness (QED) is 0.534. The number of likely N-dealkylation sites (tertiary alicyclic amines) is 1. The molecule has 7 heteroatoms. The number of hydrogen-bond donors (Lipinski definition) is 0. The van der Waals surface area contributed by atoms with Crippen LogP contribution in [0.15, 0.2) is 53.1 Å². The first-order valence-corrected chi connectivity index (χ1v) is 10.7. The zero-order valence-corrected chi connectivity index (χ0v) is 18.6. The summed E-state index contributed by atoms with van der Waals surface area (Å²) in [6.07, 6.45) is 4.99. The highest BCUT2D eigenvalue weighted by atomic mass is 16.5. The zero-order valence-electron chi connectivity index (χ0n) is 18.6. The Morgan fingerprint density at radius 1 is 1.06 bits per heavy atom. The average Bonchev–Trinajstić information content (AvgIpc) is 3.33. The molecule has 166 valence electrons. The lowest BCUT2D eigenvalue weighted by Crippen LogP contribution is -2.36. The number of piperidine rings is 1. The third-order valence-electron chi connectivity index (χ3n) is 5.73. The van der Waals surface area contributed by atoms with Gasteiger partial charge in [0.25, 0.3) is 0 Å². The van der Waals surface area contributed by atoms with Crippen LogP contribution in [0.1, 0.15) is 35.8 Å². The fourth-order valence-electron chi connectivity index (χ4n) is 3.80. The molecule has 7 nitrogen and oxygen atoms in total. The van der Waals surface area contributed by atoms with Gasteiger partial charge in [0.05, 0.1) is 14.2 Å². The maximum absolute atomic E-state index is 12.6. The van der Waals surface area contributed by atoms with Crippen molar-refractivity contribution in [3.8, 4) is 22.9 Å². The molecule has 3 aromatic rings. The van der Waals surface area contributed by atoms with E-state index in [9.17, 15) is 4.79 Å². The Morgan fingerprint density at radius 3 is 2.47 bits per heavy atom. The lowest BCUT2D eigenvalue weighted by molar-refractivity contribution is -0.127. The third-order valence-corrected chi connectivity index (χ3v) is 5.73. The van der Waals surface area contributed by atoms with E-state index < -0.39 is 0 Å². The van der Waals surface area contributed by atoms with Crippen LogP contribution < -0.4 is 9.47 Å². The number of aryl methyl sites for hydroxylation is 1. The van der Waals surface area contributed by atoms with Crippen LogP contribution in [0, 0.1) is 6.92 Å². The summed E-state index contributed by atoms with van der Waals surface area (Å²) >= 11 is 0. The molecule has 32 heavy (non-hydrogen) atoms. The molecule has 0 spiro atoms. The van der Waals surface area contributed by atoms with Crippen LogP contribution in [0.25, 0.3) is 17.5 Å². The van der Waals surface area contributed by atoms with Crippen molar-refractivity contribution >= 4 is 12.0 Å². The van der Waals surface area contributed by atoms with Gasteiger partial charge < -0.3 is 18.9 Å². The van der Waals surface area contributed by atoms with Gasteiger partial charge in [-0.15, -0.1) is 0 Å². The summed E-state index contributed by atoms with van der Waals surface area (Å²) in [5.41, 5.74) is 3.01. The number of hydrogen-bond acceptors (Lipinski definition) is 6. The molecule has 2 aromatic carbocycles. The van der Waals surface area contributed by atoms with Gasteiger partial charge in [0, 0.05) is 30.6 Å². The number of benzene rings is 2. The smallest absolute Gasteiger partial charge is 0.246 e.